The predicted octanol–water partition coefficient (Wildman–Crippen LogP) is 3.64. The van der Waals surface area contributed by atoms with Crippen LogP contribution in [0.15, 0.2) is 24.3 Å². The van der Waals surface area contributed by atoms with E-state index >= 15 is 0 Å². The van der Waals surface area contributed by atoms with E-state index in [0.717, 1.165) is 24.3 Å². The minimum atomic E-state index is -4.25. The van der Waals surface area contributed by atoms with Crippen molar-refractivity contribution in [3.05, 3.63) is 35.7 Å². The molecule has 0 heterocycles. The van der Waals surface area contributed by atoms with E-state index in [4.69, 9.17) is 9.84 Å². The van der Waals surface area contributed by atoms with E-state index in [9.17, 15) is 22.4 Å². The third-order valence-corrected chi connectivity index (χ3v) is 2.19. The van der Waals surface area contributed by atoms with Gasteiger partial charge in [0, 0.05) is 18.6 Å². The molecule has 0 saturated heterocycles. The van der Waals surface area contributed by atoms with Gasteiger partial charge in [0.1, 0.15) is 11.6 Å². The third kappa shape index (κ3) is 6.77. The van der Waals surface area contributed by atoms with Gasteiger partial charge in [-0.3, -0.25) is 0 Å². The summed E-state index contributed by atoms with van der Waals surface area (Å²) in [5, 5.41) is 8.44. The van der Waals surface area contributed by atoms with E-state index in [1.165, 1.54) is 6.07 Å². The molecule has 0 saturated carbocycles. The van der Waals surface area contributed by atoms with Gasteiger partial charge in [-0.25, -0.2) is 9.18 Å². The van der Waals surface area contributed by atoms with Crippen molar-refractivity contribution in [1.82, 2.24) is 0 Å². The molecule has 0 fully saturated rings. The maximum atomic E-state index is 13.2. The molecule has 0 aromatic heterocycles. The lowest BCUT2D eigenvalue weighted by Crippen LogP contribution is -2.09. The zero-order valence-electron chi connectivity index (χ0n) is 10.3. The Hall–Kier alpha value is -2.05. The highest BCUT2D eigenvalue weighted by atomic mass is 19.4. The van der Waals surface area contributed by atoms with Gasteiger partial charge in [0.15, 0.2) is 0 Å². The van der Waals surface area contributed by atoms with Crippen LogP contribution in [0.3, 0.4) is 0 Å². The molecule has 20 heavy (non-hydrogen) atoms. The van der Waals surface area contributed by atoms with E-state index < -0.39 is 24.4 Å². The number of ether oxygens (including phenoxy) is 1. The standard InChI is InChI=1S/C13H12F4O3/c14-10-6-9(2-3-12(18)19)7-11(8-10)20-5-1-4-13(15,16)17/h2-3,6-8H,1,4-5H2,(H,18,19)/b3-2+. The van der Waals surface area contributed by atoms with Gasteiger partial charge in [0.05, 0.1) is 6.61 Å². The molecule has 0 unspecified atom stereocenters. The second-order valence-electron chi connectivity index (χ2n) is 3.96. The highest BCUT2D eigenvalue weighted by molar-refractivity contribution is 5.85. The van der Waals surface area contributed by atoms with E-state index in [0.29, 0.717) is 0 Å². The molecular formula is C13H12F4O3. The van der Waals surface area contributed by atoms with Crippen molar-refractivity contribution in [2.45, 2.75) is 19.0 Å². The molecule has 0 aliphatic carbocycles. The fraction of sp³-hybridized carbons (Fsp3) is 0.308. The van der Waals surface area contributed by atoms with Gasteiger partial charge in [0.25, 0.3) is 0 Å². The second kappa shape index (κ2) is 6.93. The van der Waals surface area contributed by atoms with Gasteiger partial charge >= 0.3 is 12.1 Å². The Kier molecular flexibility index (Phi) is 5.54. The number of hydrogen-bond acceptors (Lipinski definition) is 2. The fourth-order valence-corrected chi connectivity index (χ4v) is 1.39. The van der Waals surface area contributed by atoms with E-state index in [-0.39, 0.29) is 24.3 Å². The molecule has 0 amide bonds. The number of rotatable bonds is 6. The monoisotopic (exact) mass is 292 g/mol. The number of carboxylic acid groups (broad SMARTS) is 1. The van der Waals surface area contributed by atoms with Crippen LogP contribution in [-0.2, 0) is 4.79 Å². The van der Waals surface area contributed by atoms with E-state index in [1.54, 1.807) is 0 Å². The molecule has 0 spiro atoms. The molecule has 0 bridgehead atoms. The summed E-state index contributed by atoms with van der Waals surface area (Å²) in [7, 11) is 0. The maximum Gasteiger partial charge on any atom is 0.389 e. The van der Waals surface area contributed by atoms with Crippen molar-refractivity contribution < 1.29 is 32.2 Å². The Balaban J connectivity index is 2.60. The third-order valence-electron chi connectivity index (χ3n) is 2.19. The summed E-state index contributed by atoms with van der Waals surface area (Å²) in [6.07, 6.45) is -3.48. The molecule has 0 aliphatic heterocycles. The van der Waals surface area contributed by atoms with Gasteiger partial charge in [-0.2, -0.15) is 13.2 Å². The predicted molar refractivity (Wildman–Crippen MR) is 63.9 cm³/mol. The van der Waals surface area contributed by atoms with Crippen LogP contribution in [0.4, 0.5) is 17.6 Å². The summed E-state index contributed by atoms with van der Waals surface area (Å²) in [6, 6.07) is 3.45. The number of alkyl halides is 3. The zero-order valence-corrected chi connectivity index (χ0v) is 10.3. The number of hydrogen-bond donors (Lipinski definition) is 1. The van der Waals surface area contributed by atoms with Crippen molar-refractivity contribution in [1.29, 1.82) is 0 Å². The molecule has 1 rings (SSSR count). The minimum Gasteiger partial charge on any atom is -0.493 e. The summed E-state index contributed by atoms with van der Waals surface area (Å²) >= 11 is 0. The first-order valence-corrected chi connectivity index (χ1v) is 5.67. The number of carboxylic acids is 1. The number of benzene rings is 1. The first-order chi connectivity index (χ1) is 9.26. The van der Waals surface area contributed by atoms with Crippen molar-refractivity contribution in [3.63, 3.8) is 0 Å². The maximum absolute atomic E-state index is 13.2. The molecular weight excluding hydrogens is 280 g/mol. The first-order valence-electron chi connectivity index (χ1n) is 5.67. The Morgan fingerprint density at radius 2 is 2.00 bits per heavy atom. The highest BCUT2D eigenvalue weighted by Crippen LogP contribution is 2.22. The quantitative estimate of drug-likeness (QED) is 0.494. The van der Waals surface area contributed by atoms with Crippen LogP contribution in [0.5, 0.6) is 5.75 Å². The van der Waals surface area contributed by atoms with Crippen molar-refractivity contribution in [2.24, 2.45) is 0 Å². The fourth-order valence-electron chi connectivity index (χ4n) is 1.39. The molecule has 0 atom stereocenters. The molecule has 7 heteroatoms. The highest BCUT2D eigenvalue weighted by Gasteiger charge is 2.26. The van der Waals surface area contributed by atoms with Crippen LogP contribution in [0.2, 0.25) is 0 Å². The Bertz CT molecular complexity index is 495. The van der Waals surface area contributed by atoms with E-state index in [1.807, 2.05) is 0 Å². The second-order valence-corrected chi connectivity index (χ2v) is 3.96. The van der Waals surface area contributed by atoms with Crippen LogP contribution < -0.4 is 4.74 Å². The number of carbonyl (C=O) groups is 1. The molecule has 1 aromatic carbocycles. The Labute approximate surface area is 112 Å². The minimum absolute atomic E-state index is 0.0530. The average Bonchev–Trinajstić information content (AvgIpc) is 2.30. The zero-order chi connectivity index (χ0) is 15.2. The smallest absolute Gasteiger partial charge is 0.389 e. The number of aliphatic carboxylic acids is 1. The van der Waals surface area contributed by atoms with Crippen LogP contribution in [-0.4, -0.2) is 23.9 Å². The average molecular weight is 292 g/mol. The largest absolute Gasteiger partial charge is 0.493 e. The van der Waals surface area contributed by atoms with Gasteiger partial charge < -0.3 is 9.84 Å². The van der Waals surface area contributed by atoms with Crippen LogP contribution in [0, 0.1) is 5.82 Å². The summed E-state index contributed by atoms with van der Waals surface area (Å²) in [4.78, 5) is 10.3. The normalized spacial score (nSPS) is 11.8. The van der Waals surface area contributed by atoms with Gasteiger partial charge in [-0.1, -0.05) is 0 Å². The van der Waals surface area contributed by atoms with Gasteiger partial charge in [-0.15, -0.1) is 0 Å². The molecule has 1 N–H and O–H groups in total. The van der Waals surface area contributed by atoms with Crippen molar-refractivity contribution in [3.8, 4) is 5.75 Å². The number of halogens is 4. The molecule has 1 aromatic rings. The summed E-state index contributed by atoms with van der Waals surface area (Å²) in [5.41, 5.74) is 0.248. The Morgan fingerprint density at radius 1 is 1.30 bits per heavy atom. The van der Waals surface area contributed by atoms with Crippen LogP contribution in [0.25, 0.3) is 6.08 Å². The summed E-state index contributed by atoms with van der Waals surface area (Å²) in [5.74, 6) is -1.80. The van der Waals surface area contributed by atoms with Crippen molar-refractivity contribution in [2.75, 3.05) is 6.61 Å². The van der Waals surface area contributed by atoms with Crippen molar-refractivity contribution >= 4 is 12.0 Å². The molecule has 0 aliphatic rings. The summed E-state index contributed by atoms with van der Waals surface area (Å²) in [6.45, 7) is -0.203. The molecule has 3 nitrogen and oxygen atoms in total. The molecule has 0 radical (unpaired) electrons. The van der Waals surface area contributed by atoms with Crippen LogP contribution in [0.1, 0.15) is 18.4 Å². The summed E-state index contributed by atoms with van der Waals surface area (Å²) < 4.78 is 53.9. The Morgan fingerprint density at radius 3 is 2.60 bits per heavy atom. The van der Waals surface area contributed by atoms with Gasteiger partial charge in [0.2, 0.25) is 0 Å². The topological polar surface area (TPSA) is 46.5 Å². The lowest BCUT2D eigenvalue weighted by molar-refractivity contribution is -0.136. The lowest BCUT2D eigenvalue weighted by Gasteiger charge is -2.09. The SMILES string of the molecule is O=C(O)/C=C/c1cc(F)cc(OCCCC(F)(F)F)c1. The van der Waals surface area contributed by atoms with Gasteiger partial charge in [-0.05, 0) is 30.2 Å². The first kappa shape index (κ1) is 16.0. The van der Waals surface area contributed by atoms with Crippen LogP contribution >= 0.6 is 0 Å². The lowest BCUT2D eigenvalue weighted by atomic mass is 10.2. The van der Waals surface area contributed by atoms with E-state index in [2.05, 4.69) is 0 Å². The molecule has 110 valence electrons.